The number of hydrogen-bond donors (Lipinski definition) is 3. The lowest BCUT2D eigenvalue weighted by Crippen LogP contribution is -2.30. The molecule has 3 N–H and O–H groups in total. The molecule has 0 spiro atoms. The molecule has 0 aromatic heterocycles. The van der Waals surface area contributed by atoms with E-state index in [0.717, 1.165) is 103 Å². The van der Waals surface area contributed by atoms with Gasteiger partial charge in [0.15, 0.2) is 12.2 Å². The number of aliphatic hydroxyl groups is 1. The Bertz CT molecular complexity index is 2660. The van der Waals surface area contributed by atoms with E-state index in [9.17, 15) is 43.2 Å². The second-order valence-electron chi connectivity index (χ2n) is 27.4. The minimum atomic E-state index is -5.02. The Morgan fingerprint density at radius 1 is 0.259 bits per heavy atom. The van der Waals surface area contributed by atoms with Gasteiger partial charge in [0.25, 0.3) is 0 Å². The van der Waals surface area contributed by atoms with Crippen LogP contribution in [0.2, 0.25) is 0 Å². The SMILES string of the molecule is CCCCC/C=C\C/C=C\C/C=C\C/C=C\C/C=C\CCC(=O)O[C@H](COC(=O)CCC/C=C\C/C=C\C/C=C\C/C=C\CCCCC)COP(=O)(O)OC[C@@H](O)COP(=O)(O)OC[C@@H](COC(=O)CCCCCCCCCCCCCCCCC)OC(=O)CCC/C=C\C/C=C\C/C=C\C/C=C\CCCCC. The molecule has 0 heterocycles. The summed E-state index contributed by atoms with van der Waals surface area (Å²) < 4.78 is 68.5. The third kappa shape index (κ3) is 78.8. The smallest absolute Gasteiger partial charge is 0.462 e. The molecule has 17 nitrogen and oxygen atoms in total. The molecule has 19 heteroatoms. The molecule has 0 amide bonds. The molecule has 0 aliphatic heterocycles. The Labute approximate surface area is 655 Å². The zero-order chi connectivity index (χ0) is 78.9. The first kappa shape index (κ1) is 103. The van der Waals surface area contributed by atoms with Gasteiger partial charge in [0.1, 0.15) is 19.3 Å². The molecule has 2 unspecified atom stereocenters. The van der Waals surface area contributed by atoms with Gasteiger partial charge in [-0.3, -0.25) is 37.3 Å². The minimum absolute atomic E-state index is 0.0134. The lowest BCUT2D eigenvalue weighted by Gasteiger charge is -2.21. The number of phosphoric acid groups is 2. The molecule has 0 saturated heterocycles. The van der Waals surface area contributed by atoms with Crippen molar-refractivity contribution < 1.29 is 80.2 Å². The fourth-order valence-corrected chi connectivity index (χ4v) is 12.2. The fourth-order valence-electron chi connectivity index (χ4n) is 10.6. The van der Waals surface area contributed by atoms with E-state index in [1.807, 2.05) is 42.5 Å². The van der Waals surface area contributed by atoms with Crippen molar-refractivity contribution in [2.45, 2.75) is 341 Å². The predicted molar refractivity (Wildman–Crippen MR) is 445 cm³/mol. The van der Waals surface area contributed by atoms with Gasteiger partial charge in [-0.05, 0) is 141 Å². The highest BCUT2D eigenvalue weighted by molar-refractivity contribution is 7.47. The number of esters is 4. The van der Waals surface area contributed by atoms with E-state index >= 15 is 0 Å². The van der Waals surface area contributed by atoms with Crippen LogP contribution in [0.5, 0.6) is 0 Å². The van der Waals surface area contributed by atoms with Gasteiger partial charge >= 0.3 is 39.5 Å². The van der Waals surface area contributed by atoms with Crippen LogP contribution in [-0.4, -0.2) is 96.7 Å². The second kappa shape index (κ2) is 79.8. The van der Waals surface area contributed by atoms with Crippen molar-refractivity contribution in [3.05, 3.63) is 158 Å². The zero-order valence-corrected chi connectivity index (χ0v) is 69.3. The molecular formula is C89H148O17P2. The number of allylic oxidation sites excluding steroid dienone is 26. The molecule has 0 bridgehead atoms. The fraction of sp³-hybridized carbons (Fsp3) is 0.663. The van der Waals surface area contributed by atoms with E-state index in [1.165, 1.54) is 122 Å². The first-order valence-electron chi connectivity index (χ1n) is 41.7. The Hall–Kier alpha value is -5.32. The summed E-state index contributed by atoms with van der Waals surface area (Å²) in [5, 5.41) is 10.7. The average Bonchev–Trinajstić information content (AvgIpc) is 0.903. The minimum Gasteiger partial charge on any atom is -0.462 e. The number of hydrogen-bond acceptors (Lipinski definition) is 15. The van der Waals surface area contributed by atoms with Crippen molar-refractivity contribution in [1.82, 2.24) is 0 Å². The summed E-state index contributed by atoms with van der Waals surface area (Å²) in [7, 11) is -10.0. The normalized spacial score (nSPS) is 14.6. The molecule has 0 aromatic carbocycles. The topological polar surface area (TPSA) is 237 Å². The number of ether oxygens (including phenoxy) is 4. The average molecular weight is 1550 g/mol. The van der Waals surface area contributed by atoms with Crippen LogP contribution < -0.4 is 0 Å². The van der Waals surface area contributed by atoms with Crippen molar-refractivity contribution in [3.8, 4) is 0 Å². The standard InChI is InChI=1S/C89H148O17P2/c1-5-9-13-17-21-25-29-33-37-40-41-44-48-52-56-60-64-68-72-76-89(94)106-85(80-100-87(92)74-70-66-62-58-54-50-46-42-38-34-30-26-22-18-14-10-6-2)82-104-108(97,98)102-78-83(90)77-101-107(95,96)103-81-84(79-99-86(91)73-69-65-61-57-53-49-45-36-32-28-24-20-16-12-8-4)105-88(93)75-71-67-63-59-55-51-47-43-39-35-31-27-23-19-15-11-7-3/h21-23,25-27,33-35,37-39,41,44,46-47,50-52,56,58-59,62-64,68,83-85,90H,5-20,24,28-32,36,40,42-43,45,48-49,53-55,57,60-61,65-67,69-82H2,1-4H3,(H,95,96)(H,97,98)/b25-21-,26-22-,27-23-,37-33-,38-34-,39-35-,44-41-,50-46-,51-47-,56-52-,62-58-,63-59-,68-64-/t83-,84+,85+/m0/s1. The molecule has 616 valence electrons. The van der Waals surface area contributed by atoms with Gasteiger partial charge < -0.3 is 33.8 Å². The summed E-state index contributed by atoms with van der Waals surface area (Å²) in [5.74, 6) is -2.40. The number of rotatable bonds is 77. The Morgan fingerprint density at radius 3 is 0.787 bits per heavy atom. The molecule has 0 saturated carbocycles. The molecule has 108 heavy (non-hydrogen) atoms. The molecule has 5 atom stereocenters. The summed E-state index contributed by atoms with van der Waals surface area (Å²) >= 11 is 0. The van der Waals surface area contributed by atoms with Crippen LogP contribution in [0.4, 0.5) is 0 Å². The highest BCUT2D eigenvalue weighted by atomic mass is 31.2. The van der Waals surface area contributed by atoms with Gasteiger partial charge in [0.2, 0.25) is 0 Å². The maximum atomic E-state index is 13.1. The summed E-state index contributed by atoms with van der Waals surface area (Å²) in [5.41, 5.74) is 0. The van der Waals surface area contributed by atoms with E-state index in [0.29, 0.717) is 44.9 Å². The largest absolute Gasteiger partial charge is 0.472 e. The summed E-state index contributed by atoms with van der Waals surface area (Å²) in [6, 6.07) is 0. The van der Waals surface area contributed by atoms with Gasteiger partial charge in [0, 0.05) is 25.7 Å². The summed E-state index contributed by atoms with van der Waals surface area (Å²) in [6.07, 6.45) is 93.9. The second-order valence-corrected chi connectivity index (χ2v) is 30.3. The lowest BCUT2D eigenvalue weighted by atomic mass is 10.0. The number of aliphatic hydroxyl groups excluding tert-OH is 1. The summed E-state index contributed by atoms with van der Waals surface area (Å²) in [4.78, 5) is 73.1. The van der Waals surface area contributed by atoms with Crippen LogP contribution in [0.3, 0.4) is 0 Å². The van der Waals surface area contributed by atoms with Crippen molar-refractivity contribution in [3.63, 3.8) is 0 Å². The van der Waals surface area contributed by atoms with E-state index < -0.39 is 97.5 Å². The maximum absolute atomic E-state index is 13.1. The number of phosphoric ester groups is 2. The molecule has 0 radical (unpaired) electrons. The van der Waals surface area contributed by atoms with Gasteiger partial charge in [-0.15, -0.1) is 0 Å². The molecule has 0 aromatic rings. The van der Waals surface area contributed by atoms with Crippen LogP contribution in [0.15, 0.2) is 158 Å². The summed E-state index contributed by atoms with van der Waals surface area (Å²) in [6.45, 7) is 4.60. The molecule has 0 rings (SSSR count). The van der Waals surface area contributed by atoms with Crippen molar-refractivity contribution in [2.75, 3.05) is 39.6 Å². The third-order valence-corrected chi connectivity index (χ3v) is 18.9. The molecule has 0 fully saturated rings. The number of unbranched alkanes of at least 4 members (excludes halogenated alkanes) is 25. The Morgan fingerprint density at radius 2 is 0.481 bits per heavy atom. The lowest BCUT2D eigenvalue weighted by molar-refractivity contribution is -0.161. The van der Waals surface area contributed by atoms with Gasteiger partial charge in [0.05, 0.1) is 26.4 Å². The highest BCUT2D eigenvalue weighted by Crippen LogP contribution is 2.45. The maximum Gasteiger partial charge on any atom is 0.472 e. The van der Waals surface area contributed by atoms with E-state index in [-0.39, 0.29) is 25.7 Å². The highest BCUT2D eigenvalue weighted by Gasteiger charge is 2.30. The van der Waals surface area contributed by atoms with Crippen molar-refractivity contribution in [2.24, 2.45) is 0 Å². The number of carbonyl (C=O) groups is 4. The first-order valence-corrected chi connectivity index (χ1v) is 44.7. The van der Waals surface area contributed by atoms with Gasteiger partial charge in [-0.25, -0.2) is 9.13 Å². The quantitative estimate of drug-likeness (QED) is 0.0169. The zero-order valence-electron chi connectivity index (χ0n) is 67.5. The predicted octanol–water partition coefficient (Wildman–Crippen LogP) is 24.8. The van der Waals surface area contributed by atoms with Crippen LogP contribution in [0.25, 0.3) is 0 Å². The van der Waals surface area contributed by atoms with Gasteiger partial charge in [-0.2, -0.15) is 0 Å². The molecule has 0 aliphatic carbocycles. The van der Waals surface area contributed by atoms with E-state index in [2.05, 4.69) is 143 Å². The van der Waals surface area contributed by atoms with Crippen molar-refractivity contribution in [1.29, 1.82) is 0 Å². The third-order valence-electron chi connectivity index (χ3n) is 17.0. The Balaban J connectivity index is 5.55. The monoisotopic (exact) mass is 1550 g/mol. The molecular weight excluding hydrogens is 1400 g/mol. The van der Waals surface area contributed by atoms with Crippen molar-refractivity contribution >= 4 is 39.5 Å². The molecule has 0 aliphatic rings. The van der Waals surface area contributed by atoms with Crippen LogP contribution in [0.1, 0.15) is 323 Å². The van der Waals surface area contributed by atoms with Crippen LogP contribution >= 0.6 is 15.6 Å². The van der Waals surface area contributed by atoms with Gasteiger partial charge in [-0.1, -0.05) is 314 Å². The van der Waals surface area contributed by atoms with E-state index in [4.69, 9.17) is 37.0 Å². The first-order chi connectivity index (χ1) is 52.7. The van der Waals surface area contributed by atoms with E-state index in [1.54, 1.807) is 0 Å². The van der Waals surface area contributed by atoms with Crippen LogP contribution in [0, 0.1) is 0 Å². The Kier molecular flexibility index (Phi) is 75.8. The van der Waals surface area contributed by atoms with Crippen LogP contribution in [-0.2, 0) is 65.4 Å². The number of carbonyl (C=O) groups excluding carboxylic acids is 4.